The van der Waals surface area contributed by atoms with Crippen LogP contribution in [0, 0.1) is 0 Å². The van der Waals surface area contributed by atoms with E-state index in [0.717, 1.165) is 12.1 Å². The molecule has 12 heteroatoms. The number of aromatic nitrogens is 1. The van der Waals surface area contributed by atoms with Crippen LogP contribution < -0.4 is 29.6 Å². The third-order valence-corrected chi connectivity index (χ3v) is 6.00. The molecule has 0 radical (unpaired) electrons. The summed E-state index contributed by atoms with van der Waals surface area (Å²) in [5, 5.41) is 5.10. The molecule has 0 saturated heterocycles. The third kappa shape index (κ3) is 5.94. The molecule has 208 valence electrons. The maximum Gasteiger partial charge on any atom is 0.417 e. The van der Waals surface area contributed by atoms with Gasteiger partial charge in [-0.1, -0.05) is 11.6 Å². The number of carbonyl (C=O) groups is 1. The SMILES string of the molecule is CC(C)Oc1cc2nccc(Oc3ccc(NC(=O)Nc4ccc(Cl)c(C(F)(F)F)c4)cc3)c2c2c1OCCO2. The van der Waals surface area contributed by atoms with Crippen LogP contribution in [0.3, 0.4) is 0 Å². The first-order chi connectivity index (χ1) is 19.1. The summed E-state index contributed by atoms with van der Waals surface area (Å²) in [5.41, 5.74) is -0.114. The lowest BCUT2D eigenvalue weighted by Gasteiger charge is -2.24. The number of rotatable bonds is 6. The summed E-state index contributed by atoms with van der Waals surface area (Å²) in [4.78, 5) is 16.8. The molecule has 1 aromatic heterocycles. The molecule has 5 rings (SSSR count). The molecule has 3 aromatic carbocycles. The maximum absolute atomic E-state index is 13.1. The van der Waals surface area contributed by atoms with E-state index in [9.17, 15) is 18.0 Å². The molecule has 0 unspecified atom stereocenters. The first-order valence-corrected chi connectivity index (χ1v) is 12.6. The number of hydrogen-bond donors (Lipinski definition) is 2. The number of nitrogens with one attached hydrogen (secondary N) is 2. The monoisotopic (exact) mass is 573 g/mol. The second kappa shape index (κ2) is 11.0. The Kier molecular flexibility index (Phi) is 7.49. The smallest absolute Gasteiger partial charge is 0.417 e. The first-order valence-electron chi connectivity index (χ1n) is 12.2. The van der Waals surface area contributed by atoms with E-state index >= 15 is 0 Å². The van der Waals surface area contributed by atoms with Gasteiger partial charge in [-0.25, -0.2) is 4.79 Å². The number of hydrogen-bond acceptors (Lipinski definition) is 6. The Morgan fingerprint density at radius 3 is 2.33 bits per heavy atom. The van der Waals surface area contributed by atoms with Gasteiger partial charge in [-0.2, -0.15) is 13.2 Å². The number of alkyl halides is 3. The van der Waals surface area contributed by atoms with Crippen LogP contribution in [0.25, 0.3) is 10.9 Å². The Bertz CT molecular complexity index is 1560. The molecule has 0 aliphatic carbocycles. The standard InChI is InChI=1S/C28H23ClF3N3O5/c1-15(2)39-23-14-21-24(26-25(23)37-11-12-38-26)22(9-10-33-21)40-18-6-3-16(4-7-18)34-27(36)35-17-5-8-20(29)19(13-17)28(30,31)32/h3-10,13-15H,11-12H2,1-2H3,(H2,34,35,36). The Balaban J connectivity index is 1.32. The van der Waals surface area contributed by atoms with E-state index in [1.54, 1.807) is 42.6 Å². The molecule has 2 N–H and O–H groups in total. The van der Waals surface area contributed by atoms with Crippen molar-refractivity contribution in [3.8, 4) is 28.7 Å². The molecular weight excluding hydrogens is 551 g/mol. The lowest BCUT2D eigenvalue weighted by Crippen LogP contribution is -2.19. The Hall–Kier alpha value is -4.38. The summed E-state index contributed by atoms with van der Waals surface area (Å²) in [7, 11) is 0. The fourth-order valence-electron chi connectivity index (χ4n) is 4.05. The van der Waals surface area contributed by atoms with Gasteiger partial charge in [-0.05, 0) is 62.4 Å². The first kappa shape index (κ1) is 27.2. The number of nitrogens with zero attached hydrogens (tertiary/aromatic N) is 1. The van der Waals surface area contributed by atoms with E-state index in [4.69, 9.17) is 30.5 Å². The van der Waals surface area contributed by atoms with Crippen LogP contribution in [0.2, 0.25) is 5.02 Å². The molecule has 4 aromatic rings. The van der Waals surface area contributed by atoms with Crippen molar-refractivity contribution in [1.29, 1.82) is 0 Å². The topological polar surface area (TPSA) is 90.9 Å². The summed E-state index contributed by atoms with van der Waals surface area (Å²) in [5.74, 6) is 2.43. The van der Waals surface area contributed by atoms with Crippen LogP contribution in [0.1, 0.15) is 19.4 Å². The lowest BCUT2D eigenvalue weighted by atomic mass is 10.1. The zero-order valence-electron chi connectivity index (χ0n) is 21.3. The van der Waals surface area contributed by atoms with Crippen molar-refractivity contribution >= 4 is 39.9 Å². The van der Waals surface area contributed by atoms with Crippen molar-refractivity contribution < 1.29 is 36.9 Å². The van der Waals surface area contributed by atoms with Gasteiger partial charge in [0, 0.05) is 23.6 Å². The maximum atomic E-state index is 13.1. The number of ether oxygens (including phenoxy) is 4. The van der Waals surface area contributed by atoms with Crippen molar-refractivity contribution in [2.45, 2.75) is 26.1 Å². The third-order valence-electron chi connectivity index (χ3n) is 5.68. The summed E-state index contributed by atoms with van der Waals surface area (Å²) in [6, 6.07) is 12.3. The molecule has 0 fully saturated rings. The zero-order chi connectivity index (χ0) is 28.4. The molecule has 0 atom stereocenters. The Morgan fingerprint density at radius 2 is 1.62 bits per heavy atom. The largest absolute Gasteiger partial charge is 0.487 e. The second-order valence-corrected chi connectivity index (χ2v) is 9.40. The molecule has 1 aliphatic heterocycles. The molecule has 2 heterocycles. The second-order valence-electron chi connectivity index (χ2n) is 9.00. The van der Waals surface area contributed by atoms with Gasteiger partial charge in [0.25, 0.3) is 0 Å². The fourth-order valence-corrected chi connectivity index (χ4v) is 4.27. The average Bonchev–Trinajstić information content (AvgIpc) is 2.90. The summed E-state index contributed by atoms with van der Waals surface area (Å²) in [6.45, 7) is 4.57. The number of urea groups is 1. The van der Waals surface area contributed by atoms with Gasteiger partial charge in [-0.15, -0.1) is 0 Å². The lowest BCUT2D eigenvalue weighted by molar-refractivity contribution is -0.137. The van der Waals surface area contributed by atoms with Gasteiger partial charge in [0.05, 0.1) is 27.6 Å². The van der Waals surface area contributed by atoms with Gasteiger partial charge < -0.3 is 29.6 Å². The number of halogens is 4. The number of anilines is 2. The minimum atomic E-state index is -4.65. The number of amides is 2. The summed E-state index contributed by atoms with van der Waals surface area (Å²) >= 11 is 5.63. The normalized spacial score (nSPS) is 12.8. The fraction of sp³-hybridized carbons (Fsp3) is 0.214. The molecule has 1 aliphatic rings. The number of fused-ring (bicyclic) bond motifs is 3. The Morgan fingerprint density at radius 1 is 0.950 bits per heavy atom. The van der Waals surface area contributed by atoms with Crippen LogP contribution in [-0.4, -0.2) is 30.3 Å². The highest BCUT2D eigenvalue weighted by molar-refractivity contribution is 6.31. The molecule has 40 heavy (non-hydrogen) atoms. The van der Waals surface area contributed by atoms with Gasteiger partial charge in [-0.3, -0.25) is 4.98 Å². The molecule has 0 saturated carbocycles. The van der Waals surface area contributed by atoms with Crippen molar-refractivity contribution in [2.75, 3.05) is 23.8 Å². The van der Waals surface area contributed by atoms with Gasteiger partial charge in [0.2, 0.25) is 5.75 Å². The highest BCUT2D eigenvalue weighted by Crippen LogP contribution is 2.48. The van der Waals surface area contributed by atoms with E-state index in [1.807, 2.05) is 13.8 Å². The number of pyridine rings is 1. The highest BCUT2D eigenvalue weighted by Gasteiger charge is 2.33. The quantitative estimate of drug-likeness (QED) is 0.244. The molecule has 2 amide bonds. The molecule has 0 spiro atoms. The van der Waals surface area contributed by atoms with E-state index in [2.05, 4.69) is 15.6 Å². The van der Waals surface area contributed by atoms with Crippen molar-refractivity contribution in [2.24, 2.45) is 0 Å². The van der Waals surface area contributed by atoms with Crippen molar-refractivity contribution in [3.63, 3.8) is 0 Å². The van der Waals surface area contributed by atoms with Gasteiger partial charge in [0.1, 0.15) is 24.7 Å². The average molecular weight is 574 g/mol. The van der Waals surface area contributed by atoms with E-state index in [1.165, 1.54) is 6.07 Å². The molecule has 0 bridgehead atoms. The minimum Gasteiger partial charge on any atom is -0.487 e. The van der Waals surface area contributed by atoms with Crippen molar-refractivity contribution in [3.05, 3.63) is 71.4 Å². The van der Waals surface area contributed by atoms with E-state index in [-0.39, 0.29) is 11.8 Å². The number of benzene rings is 3. The minimum absolute atomic E-state index is 0.0600. The van der Waals surface area contributed by atoms with E-state index in [0.29, 0.717) is 58.6 Å². The summed E-state index contributed by atoms with van der Waals surface area (Å²) < 4.78 is 63.1. The van der Waals surface area contributed by atoms with Crippen LogP contribution in [0.4, 0.5) is 29.3 Å². The predicted octanol–water partition coefficient (Wildman–Crippen LogP) is 7.90. The van der Waals surface area contributed by atoms with Crippen LogP contribution in [0.15, 0.2) is 60.8 Å². The Labute approximate surface area is 232 Å². The molecule has 8 nitrogen and oxygen atoms in total. The van der Waals surface area contributed by atoms with Gasteiger partial charge >= 0.3 is 12.2 Å². The highest BCUT2D eigenvalue weighted by atomic mass is 35.5. The van der Waals surface area contributed by atoms with E-state index < -0.39 is 22.8 Å². The molecular formula is C28H23ClF3N3O5. The predicted molar refractivity (Wildman–Crippen MR) is 144 cm³/mol. The van der Waals surface area contributed by atoms with Crippen LogP contribution in [0.5, 0.6) is 28.7 Å². The van der Waals surface area contributed by atoms with Crippen LogP contribution in [-0.2, 0) is 6.18 Å². The number of carbonyl (C=O) groups excluding carboxylic acids is 1. The van der Waals surface area contributed by atoms with Gasteiger partial charge in [0.15, 0.2) is 11.5 Å². The summed E-state index contributed by atoms with van der Waals surface area (Å²) in [6.07, 6.45) is -3.12. The van der Waals surface area contributed by atoms with Crippen molar-refractivity contribution in [1.82, 2.24) is 4.98 Å². The zero-order valence-corrected chi connectivity index (χ0v) is 22.0. The van der Waals surface area contributed by atoms with Crippen LogP contribution >= 0.6 is 11.6 Å².